The first-order valence-corrected chi connectivity index (χ1v) is 13.6. The monoisotopic (exact) mass is 537 g/mol. The fourth-order valence-electron chi connectivity index (χ4n) is 4.73. The standard InChI is InChI=1S/C33H37N4O3/c1-23(2)37(24(3)4)33(39)40-22-36-17-9-12-28(21-36)30-15-16-34-32(35-30)20-29-18-26(14-13-25(29)5)19-31(38)27-10-7-6-8-11-27/h6-18,21,23-24H,19-20,22H2,1-5H3/q+1. The van der Waals surface area contributed by atoms with E-state index in [2.05, 4.69) is 18.0 Å². The molecule has 4 aromatic rings. The van der Waals surface area contributed by atoms with E-state index in [0.29, 0.717) is 24.2 Å². The van der Waals surface area contributed by atoms with E-state index >= 15 is 0 Å². The van der Waals surface area contributed by atoms with E-state index in [-0.39, 0.29) is 30.7 Å². The van der Waals surface area contributed by atoms with Gasteiger partial charge in [-0.3, -0.25) is 4.79 Å². The molecule has 4 rings (SSSR count). The molecule has 0 fully saturated rings. The number of hydrogen-bond acceptors (Lipinski definition) is 5. The molecule has 2 aromatic heterocycles. The first-order chi connectivity index (χ1) is 19.2. The van der Waals surface area contributed by atoms with Crippen LogP contribution in [0.15, 0.2) is 85.3 Å². The van der Waals surface area contributed by atoms with Gasteiger partial charge in [-0.1, -0.05) is 48.5 Å². The van der Waals surface area contributed by atoms with Gasteiger partial charge in [-0.2, -0.15) is 4.57 Å². The molecule has 0 unspecified atom stereocenters. The van der Waals surface area contributed by atoms with Crippen molar-refractivity contribution in [2.45, 2.75) is 66.3 Å². The highest BCUT2D eigenvalue weighted by Gasteiger charge is 2.22. The average Bonchev–Trinajstić information content (AvgIpc) is 2.94. The van der Waals surface area contributed by atoms with Gasteiger partial charge in [0.25, 0.3) is 6.73 Å². The first kappa shape index (κ1) is 28.6. The van der Waals surface area contributed by atoms with Gasteiger partial charge in [-0.25, -0.2) is 14.8 Å². The Labute approximate surface area is 236 Å². The van der Waals surface area contributed by atoms with E-state index in [1.165, 1.54) is 0 Å². The normalized spacial score (nSPS) is 11.1. The van der Waals surface area contributed by atoms with Gasteiger partial charge in [0.1, 0.15) is 5.82 Å². The first-order valence-electron chi connectivity index (χ1n) is 13.6. The molecule has 0 atom stereocenters. The summed E-state index contributed by atoms with van der Waals surface area (Å²) in [4.78, 5) is 36.4. The van der Waals surface area contributed by atoms with Gasteiger partial charge in [0, 0.05) is 42.8 Å². The predicted molar refractivity (Wildman–Crippen MR) is 155 cm³/mol. The number of Topliss-reactive ketones (excluding diaryl/α,β-unsaturated/α-hetero) is 1. The number of carbonyl (C=O) groups excluding carboxylic acids is 2. The van der Waals surface area contributed by atoms with Crippen molar-refractivity contribution in [3.63, 3.8) is 0 Å². The van der Waals surface area contributed by atoms with Crippen LogP contribution in [-0.4, -0.2) is 38.8 Å². The second-order valence-corrected chi connectivity index (χ2v) is 10.5. The molecule has 0 bridgehead atoms. The largest absolute Gasteiger partial charge is 0.415 e. The Morgan fingerprint density at radius 1 is 0.950 bits per heavy atom. The zero-order valence-corrected chi connectivity index (χ0v) is 23.9. The lowest BCUT2D eigenvalue weighted by Crippen LogP contribution is -2.45. The number of carbonyl (C=O) groups is 2. The number of rotatable bonds is 10. The molecule has 0 saturated heterocycles. The summed E-state index contributed by atoms with van der Waals surface area (Å²) in [6, 6.07) is 21.4. The van der Waals surface area contributed by atoms with E-state index in [4.69, 9.17) is 9.72 Å². The third kappa shape index (κ3) is 7.38. The third-order valence-corrected chi connectivity index (χ3v) is 6.74. The van der Waals surface area contributed by atoms with Crippen LogP contribution in [0.3, 0.4) is 0 Å². The van der Waals surface area contributed by atoms with Gasteiger partial charge in [0.15, 0.2) is 18.2 Å². The van der Waals surface area contributed by atoms with Crippen molar-refractivity contribution in [1.29, 1.82) is 0 Å². The zero-order valence-electron chi connectivity index (χ0n) is 23.9. The van der Waals surface area contributed by atoms with Crippen LogP contribution < -0.4 is 4.57 Å². The minimum Gasteiger partial charge on any atom is -0.388 e. The Bertz CT molecular complexity index is 1460. The second-order valence-electron chi connectivity index (χ2n) is 10.5. The smallest absolute Gasteiger partial charge is 0.388 e. The highest BCUT2D eigenvalue weighted by Crippen LogP contribution is 2.19. The van der Waals surface area contributed by atoms with Crippen molar-refractivity contribution >= 4 is 11.9 Å². The maximum Gasteiger partial charge on any atom is 0.415 e. The maximum atomic E-state index is 12.7. The maximum absolute atomic E-state index is 12.7. The number of hydrogen-bond donors (Lipinski definition) is 0. The lowest BCUT2D eigenvalue weighted by molar-refractivity contribution is -0.727. The number of aryl methyl sites for hydroxylation is 1. The van der Waals surface area contributed by atoms with Crippen LogP contribution in [0.4, 0.5) is 4.79 Å². The molecule has 0 radical (unpaired) electrons. The van der Waals surface area contributed by atoms with Crippen LogP contribution in [0, 0.1) is 6.92 Å². The van der Waals surface area contributed by atoms with E-state index in [1.54, 1.807) is 11.1 Å². The summed E-state index contributed by atoms with van der Waals surface area (Å²) in [5.41, 5.74) is 5.58. The van der Waals surface area contributed by atoms with Crippen molar-refractivity contribution in [3.05, 3.63) is 113 Å². The number of nitrogens with zero attached hydrogens (tertiary/aromatic N) is 4. The highest BCUT2D eigenvalue weighted by atomic mass is 16.6. The third-order valence-electron chi connectivity index (χ3n) is 6.74. The number of benzene rings is 2. The van der Waals surface area contributed by atoms with E-state index < -0.39 is 0 Å². The Kier molecular flexibility index (Phi) is 9.38. The summed E-state index contributed by atoms with van der Waals surface area (Å²) in [6.07, 6.45) is 6.09. The van der Waals surface area contributed by atoms with Gasteiger partial charge in [-0.05, 0) is 63.4 Å². The Balaban J connectivity index is 1.46. The minimum atomic E-state index is -0.338. The molecule has 7 heteroatoms. The van der Waals surface area contributed by atoms with Crippen molar-refractivity contribution < 1.29 is 18.9 Å². The van der Waals surface area contributed by atoms with Crippen LogP contribution in [-0.2, 0) is 24.3 Å². The van der Waals surface area contributed by atoms with Gasteiger partial charge in [-0.15, -0.1) is 0 Å². The number of ketones is 1. The SMILES string of the molecule is Cc1ccc(CC(=O)c2ccccc2)cc1Cc1nccc(-c2ccc[n+](COC(=O)N(C(C)C)C(C)C)c2)n1. The molecular formula is C33H37N4O3+. The van der Waals surface area contributed by atoms with Gasteiger partial charge >= 0.3 is 6.09 Å². The highest BCUT2D eigenvalue weighted by molar-refractivity contribution is 5.97. The summed E-state index contributed by atoms with van der Waals surface area (Å²) < 4.78 is 7.40. The van der Waals surface area contributed by atoms with Crippen molar-refractivity contribution in [1.82, 2.24) is 14.9 Å². The lowest BCUT2D eigenvalue weighted by Gasteiger charge is -2.29. The summed E-state index contributed by atoms with van der Waals surface area (Å²) >= 11 is 0. The number of aromatic nitrogens is 3. The molecule has 7 nitrogen and oxygen atoms in total. The quantitative estimate of drug-likeness (QED) is 0.184. The zero-order chi connectivity index (χ0) is 28.6. The lowest BCUT2D eigenvalue weighted by atomic mass is 9.97. The molecule has 0 saturated carbocycles. The van der Waals surface area contributed by atoms with Crippen molar-refractivity contribution in [3.8, 4) is 11.3 Å². The summed E-state index contributed by atoms with van der Waals surface area (Å²) in [5, 5.41) is 0. The molecule has 0 spiro atoms. The van der Waals surface area contributed by atoms with Gasteiger partial charge in [0.05, 0.1) is 11.3 Å². The van der Waals surface area contributed by atoms with E-state index in [1.807, 2.05) is 105 Å². The van der Waals surface area contributed by atoms with Crippen LogP contribution in [0.1, 0.15) is 60.6 Å². The Hall–Kier alpha value is -4.39. The molecule has 206 valence electrons. The van der Waals surface area contributed by atoms with E-state index in [0.717, 1.165) is 27.9 Å². The molecule has 1 amide bonds. The minimum absolute atomic E-state index is 0.0527. The van der Waals surface area contributed by atoms with Gasteiger partial charge < -0.3 is 9.64 Å². The Morgan fingerprint density at radius 3 is 2.42 bits per heavy atom. The van der Waals surface area contributed by atoms with Crippen molar-refractivity contribution in [2.75, 3.05) is 0 Å². The number of amides is 1. The van der Waals surface area contributed by atoms with Crippen LogP contribution >= 0.6 is 0 Å². The molecular weight excluding hydrogens is 500 g/mol. The number of pyridine rings is 1. The molecule has 0 aliphatic rings. The van der Waals surface area contributed by atoms with Gasteiger partial charge in [0.2, 0.25) is 0 Å². The molecule has 0 aliphatic carbocycles. The summed E-state index contributed by atoms with van der Waals surface area (Å²) in [7, 11) is 0. The molecule has 0 N–H and O–H groups in total. The summed E-state index contributed by atoms with van der Waals surface area (Å²) in [6.45, 7) is 10.1. The predicted octanol–water partition coefficient (Wildman–Crippen LogP) is 5.97. The fraction of sp³-hybridized carbons (Fsp3) is 0.303. The topological polar surface area (TPSA) is 76.3 Å². The number of ether oxygens (including phenoxy) is 1. The second kappa shape index (κ2) is 13.1. The Morgan fingerprint density at radius 2 is 1.70 bits per heavy atom. The van der Waals surface area contributed by atoms with Crippen LogP contribution in [0.25, 0.3) is 11.3 Å². The fourth-order valence-corrected chi connectivity index (χ4v) is 4.73. The van der Waals surface area contributed by atoms with Crippen molar-refractivity contribution in [2.24, 2.45) is 0 Å². The van der Waals surface area contributed by atoms with Crippen LogP contribution in [0.5, 0.6) is 0 Å². The molecule has 2 aromatic carbocycles. The average molecular weight is 538 g/mol. The molecule has 2 heterocycles. The molecule has 0 aliphatic heterocycles. The van der Waals surface area contributed by atoms with E-state index in [9.17, 15) is 9.59 Å². The molecule has 40 heavy (non-hydrogen) atoms. The van der Waals surface area contributed by atoms with Crippen LogP contribution in [0.2, 0.25) is 0 Å². The summed E-state index contributed by atoms with van der Waals surface area (Å²) in [5.74, 6) is 0.788.